The Morgan fingerprint density at radius 3 is 2.68 bits per heavy atom. The van der Waals surface area contributed by atoms with Crippen molar-refractivity contribution in [3.63, 3.8) is 0 Å². The van der Waals surface area contributed by atoms with Gasteiger partial charge >= 0.3 is 0 Å². The number of rotatable bonds is 6. The smallest absolute Gasteiger partial charge is 0.242 e. The van der Waals surface area contributed by atoms with E-state index in [0.717, 1.165) is 21.7 Å². The highest BCUT2D eigenvalue weighted by Crippen LogP contribution is 2.26. The second-order valence-electron chi connectivity index (χ2n) is 6.59. The SMILES string of the molecule is Cc1cc(C)n(C(CNS(=O)(=O)c2cccc3cccnc23)c2cccs2)n1. The van der Waals surface area contributed by atoms with Crippen molar-refractivity contribution in [2.75, 3.05) is 6.54 Å². The van der Waals surface area contributed by atoms with Gasteiger partial charge in [-0.25, -0.2) is 13.1 Å². The first-order valence-corrected chi connectivity index (χ1v) is 11.2. The average Bonchev–Trinajstić information content (AvgIpc) is 3.31. The Balaban J connectivity index is 1.68. The molecule has 0 spiro atoms. The van der Waals surface area contributed by atoms with E-state index < -0.39 is 10.0 Å². The van der Waals surface area contributed by atoms with Gasteiger partial charge in [-0.05, 0) is 43.5 Å². The van der Waals surface area contributed by atoms with Crippen LogP contribution in [0.15, 0.2) is 65.0 Å². The van der Waals surface area contributed by atoms with E-state index >= 15 is 0 Å². The highest BCUT2D eigenvalue weighted by atomic mass is 32.2. The van der Waals surface area contributed by atoms with Gasteiger partial charge in [0, 0.05) is 28.7 Å². The number of hydrogen-bond acceptors (Lipinski definition) is 5. The van der Waals surface area contributed by atoms with Crippen LogP contribution in [-0.4, -0.2) is 29.7 Å². The fraction of sp³-hybridized carbons (Fsp3) is 0.200. The molecule has 0 aliphatic carbocycles. The van der Waals surface area contributed by atoms with E-state index in [1.54, 1.807) is 35.7 Å². The van der Waals surface area contributed by atoms with Crippen LogP contribution in [-0.2, 0) is 10.0 Å². The number of fused-ring (bicyclic) bond motifs is 1. The number of thiophene rings is 1. The third-order valence-corrected chi connectivity index (χ3v) is 6.99. The number of benzene rings is 1. The van der Waals surface area contributed by atoms with Crippen LogP contribution < -0.4 is 4.72 Å². The van der Waals surface area contributed by atoms with Crippen molar-refractivity contribution in [2.24, 2.45) is 0 Å². The van der Waals surface area contributed by atoms with Crippen molar-refractivity contribution < 1.29 is 8.42 Å². The highest BCUT2D eigenvalue weighted by Gasteiger charge is 2.23. The van der Waals surface area contributed by atoms with Crippen LogP contribution >= 0.6 is 11.3 Å². The van der Waals surface area contributed by atoms with Crippen molar-refractivity contribution >= 4 is 32.3 Å². The number of nitrogens with one attached hydrogen (secondary N) is 1. The summed E-state index contributed by atoms with van der Waals surface area (Å²) in [5.41, 5.74) is 2.36. The first-order chi connectivity index (χ1) is 13.5. The predicted molar refractivity (Wildman–Crippen MR) is 111 cm³/mol. The van der Waals surface area contributed by atoms with E-state index in [9.17, 15) is 8.42 Å². The summed E-state index contributed by atoms with van der Waals surface area (Å²) in [6.45, 7) is 4.11. The van der Waals surface area contributed by atoms with Crippen molar-refractivity contribution in [1.82, 2.24) is 19.5 Å². The molecule has 0 saturated heterocycles. The molecule has 4 aromatic rings. The Morgan fingerprint density at radius 1 is 1.14 bits per heavy atom. The lowest BCUT2D eigenvalue weighted by Crippen LogP contribution is -2.32. The highest BCUT2D eigenvalue weighted by molar-refractivity contribution is 7.89. The summed E-state index contributed by atoms with van der Waals surface area (Å²) in [6.07, 6.45) is 1.60. The number of nitrogens with zero attached hydrogens (tertiary/aromatic N) is 3. The zero-order valence-electron chi connectivity index (χ0n) is 15.5. The van der Waals surface area contributed by atoms with Gasteiger partial charge in [0.05, 0.1) is 17.3 Å². The van der Waals surface area contributed by atoms with Crippen molar-refractivity contribution in [3.8, 4) is 0 Å². The first kappa shape index (κ1) is 18.8. The molecule has 0 aliphatic heterocycles. The molecule has 0 fully saturated rings. The molecule has 1 N–H and O–H groups in total. The van der Waals surface area contributed by atoms with Crippen LogP contribution in [0.2, 0.25) is 0 Å². The third kappa shape index (κ3) is 3.58. The molecule has 0 saturated carbocycles. The molecule has 28 heavy (non-hydrogen) atoms. The van der Waals surface area contributed by atoms with E-state index in [1.165, 1.54) is 0 Å². The topological polar surface area (TPSA) is 76.9 Å². The second-order valence-corrected chi connectivity index (χ2v) is 9.30. The summed E-state index contributed by atoms with van der Waals surface area (Å²) in [5.74, 6) is 0. The number of aryl methyl sites for hydroxylation is 2. The van der Waals surface area contributed by atoms with Gasteiger partial charge in [0.15, 0.2) is 0 Å². The number of hydrogen-bond donors (Lipinski definition) is 1. The van der Waals surface area contributed by atoms with Crippen molar-refractivity contribution in [3.05, 3.63) is 76.4 Å². The van der Waals surface area contributed by atoms with Gasteiger partial charge in [-0.2, -0.15) is 5.10 Å². The summed E-state index contributed by atoms with van der Waals surface area (Å²) < 4.78 is 30.8. The lowest BCUT2D eigenvalue weighted by molar-refractivity contribution is 0.500. The number of para-hydroxylation sites is 1. The van der Waals surface area contributed by atoms with Gasteiger partial charge in [-0.15, -0.1) is 11.3 Å². The molecule has 0 bridgehead atoms. The van der Waals surface area contributed by atoms with Gasteiger partial charge < -0.3 is 0 Å². The minimum Gasteiger partial charge on any atom is -0.260 e. The molecule has 0 radical (unpaired) electrons. The van der Waals surface area contributed by atoms with E-state index in [-0.39, 0.29) is 17.5 Å². The summed E-state index contributed by atoms with van der Waals surface area (Å²) >= 11 is 1.58. The summed E-state index contributed by atoms with van der Waals surface area (Å²) in [6, 6.07) is 14.5. The Bertz CT molecular complexity index is 1210. The van der Waals surface area contributed by atoms with E-state index in [2.05, 4.69) is 14.8 Å². The molecular weight excluding hydrogens is 392 g/mol. The second kappa shape index (κ2) is 7.46. The van der Waals surface area contributed by atoms with Crippen molar-refractivity contribution in [2.45, 2.75) is 24.8 Å². The number of aromatic nitrogens is 3. The van der Waals surface area contributed by atoms with Crippen molar-refractivity contribution in [1.29, 1.82) is 0 Å². The van der Waals surface area contributed by atoms with Crippen LogP contribution in [0.3, 0.4) is 0 Å². The normalized spacial score (nSPS) is 13.1. The maximum Gasteiger partial charge on any atom is 0.242 e. The molecule has 8 heteroatoms. The quantitative estimate of drug-likeness (QED) is 0.524. The molecule has 3 aromatic heterocycles. The van der Waals surface area contributed by atoms with Crippen LogP contribution in [0.1, 0.15) is 22.3 Å². The molecule has 1 unspecified atom stereocenters. The Kier molecular flexibility index (Phi) is 5.01. The minimum atomic E-state index is -3.74. The maximum absolute atomic E-state index is 13.1. The molecule has 0 aliphatic rings. The molecule has 4 rings (SSSR count). The molecular formula is C20H20N4O2S2. The summed E-state index contributed by atoms with van der Waals surface area (Å²) in [7, 11) is -3.74. The van der Waals surface area contributed by atoms with Crippen LogP contribution in [0, 0.1) is 13.8 Å². The standard InChI is InChI=1S/C20H20N4O2S2/c1-14-12-15(2)24(23-14)17(18-8-5-11-27-18)13-22-28(25,26)19-9-3-6-16-7-4-10-21-20(16)19/h3-12,17,22H,13H2,1-2H3. The monoisotopic (exact) mass is 412 g/mol. The lowest BCUT2D eigenvalue weighted by atomic mass is 10.2. The van der Waals surface area contributed by atoms with E-state index in [4.69, 9.17) is 0 Å². The zero-order valence-corrected chi connectivity index (χ0v) is 17.2. The van der Waals surface area contributed by atoms with Gasteiger partial charge in [-0.1, -0.05) is 24.3 Å². The van der Waals surface area contributed by atoms with Crippen LogP contribution in [0.5, 0.6) is 0 Å². The first-order valence-electron chi connectivity index (χ1n) is 8.85. The average molecular weight is 413 g/mol. The van der Waals surface area contributed by atoms with E-state index in [1.807, 2.05) is 54.2 Å². The van der Waals surface area contributed by atoms with Gasteiger partial charge in [0.2, 0.25) is 10.0 Å². The number of pyridine rings is 1. The fourth-order valence-electron chi connectivity index (χ4n) is 3.31. The fourth-order valence-corrected chi connectivity index (χ4v) is 5.34. The van der Waals surface area contributed by atoms with Gasteiger partial charge in [0.25, 0.3) is 0 Å². The molecule has 1 atom stereocenters. The Morgan fingerprint density at radius 2 is 1.96 bits per heavy atom. The van der Waals surface area contributed by atoms with Crippen LogP contribution in [0.25, 0.3) is 10.9 Å². The maximum atomic E-state index is 13.1. The molecule has 1 aromatic carbocycles. The predicted octanol–water partition coefficient (Wildman–Crippen LogP) is 3.68. The summed E-state index contributed by atoms with van der Waals surface area (Å²) in [4.78, 5) is 5.50. The minimum absolute atomic E-state index is 0.184. The molecule has 144 valence electrons. The summed E-state index contributed by atoms with van der Waals surface area (Å²) in [5, 5.41) is 7.34. The Hall–Kier alpha value is -2.55. The van der Waals surface area contributed by atoms with Gasteiger partial charge in [0.1, 0.15) is 4.90 Å². The third-order valence-electron chi connectivity index (χ3n) is 4.56. The Labute approximate surface area is 167 Å². The molecule has 3 heterocycles. The lowest BCUT2D eigenvalue weighted by Gasteiger charge is -2.19. The largest absolute Gasteiger partial charge is 0.260 e. The van der Waals surface area contributed by atoms with E-state index in [0.29, 0.717) is 5.52 Å². The molecule has 0 amide bonds. The number of sulfonamides is 1. The van der Waals surface area contributed by atoms with Crippen LogP contribution in [0.4, 0.5) is 0 Å². The van der Waals surface area contributed by atoms with Gasteiger partial charge in [-0.3, -0.25) is 9.67 Å². The zero-order chi connectivity index (χ0) is 19.7. The molecule has 6 nitrogen and oxygen atoms in total.